The number of amides is 1. The van der Waals surface area contributed by atoms with E-state index in [1.165, 1.54) is 24.3 Å². The molecule has 2 N–H and O–H groups in total. The van der Waals surface area contributed by atoms with Crippen molar-refractivity contribution in [2.75, 3.05) is 5.32 Å². The van der Waals surface area contributed by atoms with Gasteiger partial charge in [-0.05, 0) is 30.3 Å². The topological polar surface area (TPSA) is 49.3 Å². The first kappa shape index (κ1) is 11.5. The first-order valence-electron chi connectivity index (χ1n) is 5.76. The fraction of sp³-hybridized carbons (Fsp3) is 0. The normalized spacial score (nSPS) is 15.4. The molecule has 2 aromatic rings. The van der Waals surface area contributed by atoms with Gasteiger partial charge in [-0.3, -0.25) is 4.79 Å². The Morgan fingerprint density at radius 2 is 1.95 bits per heavy atom. The molecule has 1 aliphatic heterocycles. The Kier molecular flexibility index (Phi) is 2.56. The van der Waals surface area contributed by atoms with Gasteiger partial charge in [0.1, 0.15) is 11.6 Å². The zero-order chi connectivity index (χ0) is 13.4. The number of hydrogen-bond acceptors (Lipinski definition) is 2. The summed E-state index contributed by atoms with van der Waals surface area (Å²) < 4.78 is 13.3. The number of phenols is 1. The van der Waals surface area contributed by atoms with Gasteiger partial charge in [0.2, 0.25) is 0 Å². The molecule has 0 saturated carbocycles. The molecule has 2 aromatic carbocycles. The van der Waals surface area contributed by atoms with E-state index in [1.807, 2.05) is 0 Å². The minimum Gasteiger partial charge on any atom is -0.507 e. The van der Waals surface area contributed by atoms with Crippen molar-refractivity contribution in [3.8, 4) is 5.75 Å². The van der Waals surface area contributed by atoms with Crippen LogP contribution in [0.5, 0.6) is 5.75 Å². The van der Waals surface area contributed by atoms with Crippen molar-refractivity contribution in [3.63, 3.8) is 0 Å². The van der Waals surface area contributed by atoms with Gasteiger partial charge in [-0.25, -0.2) is 4.39 Å². The molecule has 4 heteroatoms. The van der Waals surface area contributed by atoms with Crippen LogP contribution < -0.4 is 5.32 Å². The number of benzene rings is 2. The molecular formula is C15H10FNO2. The molecule has 0 spiro atoms. The largest absolute Gasteiger partial charge is 0.507 e. The molecule has 0 bridgehead atoms. The number of phenolic OH excluding ortho intramolecular Hbond substituents is 1. The van der Waals surface area contributed by atoms with E-state index in [-0.39, 0.29) is 11.7 Å². The van der Waals surface area contributed by atoms with E-state index in [0.717, 1.165) is 0 Å². The highest BCUT2D eigenvalue weighted by molar-refractivity contribution is 6.35. The molecule has 0 atom stereocenters. The third-order valence-electron chi connectivity index (χ3n) is 3.00. The van der Waals surface area contributed by atoms with E-state index < -0.39 is 5.82 Å². The maximum Gasteiger partial charge on any atom is 0.256 e. The minimum absolute atomic E-state index is 0.0765. The predicted molar refractivity (Wildman–Crippen MR) is 71.0 cm³/mol. The lowest BCUT2D eigenvalue weighted by molar-refractivity contribution is -0.110. The van der Waals surface area contributed by atoms with Crippen molar-refractivity contribution < 1.29 is 14.3 Å². The third kappa shape index (κ3) is 1.97. The highest BCUT2D eigenvalue weighted by atomic mass is 19.1. The molecule has 0 fully saturated rings. The van der Waals surface area contributed by atoms with Crippen molar-refractivity contribution in [2.45, 2.75) is 0 Å². The van der Waals surface area contributed by atoms with Gasteiger partial charge in [-0.1, -0.05) is 18.2 Å². The van der Waals surface area contributed by atoms with Crippen LogP contribution >= 0.6 is 0 Å². The Morgan fingerprint density at radius 3 is 2.74 bits per heavy atom. The monoisotopic (exact) mass is 255 g/mol. The van der Waals surface area contributed by atoms with Crippen molar-refractivity contribution in [1.82, 2.24) is 0 Å². The van der Waals surface area contributed by atoms with Crippen LogP contribution in [0.3, 0.4) is 0 Å². The summed E-state index contributed by atoms with van der Waals surface area (Å²) in [7, 11) is 0. The van der Waals surface area contributed by atoms with E-state index in [1.54, 1.807) is 24.3 Å². The molecule has 1 aliphatic rings. The van der Waals surface area contributed by atoms with Gasteiger partial charge >= 0.3 is 0 Å². The fourth-order valence-electron chi connectivity index (χ4n) is 2.07. The second kappa shape index (κ2) is 4.24. The summed E-state index contributed by atoms with van der Waals surface area (Å²) in [6, 6.07) is 10.8. The van der Waals surface area contributed by atoms with Gasteiger partial charge in [0.15, 0.2) is 0 Å². The molecule has 0 aliphatic carbocycles. The number of fused-ring (bicyclic) bond motifs is 1. The van der Waals surface area contributed by atoms with Gasteiger partial charge < -0.3 is 10.4 Å². The summed E-state index contributed by atoms with van der Waals surface area (Å²) >= 11 is 0. The van der Waals surface area contributed by atoms with Crippen LogP contribution in [0.2, 0.25) is 0 Å². The highest BCUT2D eigenvalue weighted by Crippen LogP contribution is 2.34. The number of carbonyl (C=O) groups excluding carboxylic acids is 1. The molecule has 0 aromatic heterocycles. The average Bonchev–Trinajstić information content (AvgIpc) is 2.69. The van der Waals surface area contributed by atoms with Gasteiger partial charge in [-0.2, -0.15) is 0 Å². The maximum atomic E-state index is 13.3. The highest BCUT2D eigenvalue weighted by Gasteiger charge is 2.24. The Labute approximate surface area is 109 Å². The molecule has 19 heavy (non-hydrogen) atoms. The number of anilines is 1. The van der Waals surface area contributed by atoms with Crippen molar-refractivity contribution in [2.24, 2.45) is 0 Å². The summed E-state index contributed by atoms with van der Waals surface area (Å²) in [5.41, 5.74) is 1.95. The zero-order valence-corrected chi connectivity index (χ0v) is 9.85. The van der Waals surface area contributed by atoms with Crippen LogP contribution in [-0.4, -0.2) is 11.0 Å². The molecule has 3 rings (SSSR count). The Bertz CT molecular complexity index is 707. The molecule has 0 saturated heterocycles. The second-order valence-electron chi connectivity index (χ2n) is 4.26. The van der Waals surface area contributed by atoms with Crippen LogP contribution in [0.15, 0.2) is 42.5 Å². The van der Waals surface area contributed by atoms with E-state index in [0.29, 0.717) is 22.4 Å². The van der Waals surface area contributed by atoms with E-state index in [2.05, 4.69) is 5.32 Å². The Hall–Kier alpha value is -2.62. The second-order valence-corrected chi connectivity index (χ2v) is 4.26. The summed E-state index contributed by atoms with van der Waals surface area (Å²) in [6.07, 6.45) is 1.55. The fourth-order valence-corrected chi connectivity index (χ4v) is 2.07. The molecule has 0 radical (unpaired) electrons. The zero-order valence-electron chi connectivity index (χ0n) is 9.85. The molecule has 94 valence electrons. The Morgan fingerprint density at radius 1 is 1.16 bits per heavy atom. The number of carbonyl (C=O) groups is 1. The molecular weight excluding hydrogens is 245 g/mol. The van der Waals surface area contributed by atoms with Crippen LogP contribution in [0.4, 0.5) is 10.1 Å². The van der Waals surface area contributed by atoms with Gasteiger partial charge in [0, 0.05) is 22.4 Å². The summed E-state index contributed by atoms with van der Waals surface area (Å²) in [6.45, 7) is 0. The lowest BCUT2D eigenvalue weighted by atomic mass is 10.0. The van der Waals surface area contributed by atoms with E-state index >= 15 is 0 Å². The molecule has 1 heterocycles. The van der Waals surface area contributed by atoms with Crippen molar-refractivity contribution >= 4 is 23.2 Å². The average molecular weight is 255 g/mol. The number of aromatic hydroxyl groups is 1. The number of nitrogens with one attached hydrogen (secondary N) is 1. The van der Waals surface area contributed by atoms with E-state index in [4.69, 9.17) is 0 Å². The molecule has 3 nitrogen and oxygen atoms in total. The Balaban J connectivity index is 2.14. The maximum absolute atomic E-state index is 13.3. The SMILES string of the molecule is O=C1Nc2ccc(F)cc2/C1=C\c1ccccc1O. The molecule has 1 amide bonds. The van der Waals surface area contributed by atoms with Crippen LogP contribution in [0.1, 0.15) is 11.1 Å². The van der Waals surface area contributed by atoms with Crippen LogP contribution in [0.25, 0.3) is 11.6 Å². The quantitative estimate of drug-likeness (QED) is 0.769. The number of rotatable bonds is 1. The van der Waals surface area contributed by atoms with Crippen LogP contribution in [0, 0.1) is 5.82 Å². The summed E-state index contributed by atoms with van der Waals surface area (Å²) in [4.78, 5) is 11.9. The smallest absolute Gasteiger partial charge is 0.256 e. The third-order valence-corrected chi connectivity index (χ3v) is 3.00. The van der Waals surface area contributed by atoms with Crippen molar-refractivity contribution in [3.05, 3.63) is 59.4 Å². The summed E-state index contributed by atoms with van der Waals surface area (Å²) in [5.74, 6) is -0.630. The van der Waals surface area contributed by atoms with Crippen LogP contribution in [-0.2, 0) is 4.79 Å². The lowest BCUT2D eigenvalue weighted by Crippen LogP contribution is -2.03. The van der Waals surface area contributed by atoms with E-state index in [9.17, 15) is 14.3 Å². The van der Waals surface area contributed by atoms with Gasteiger partial charge in [0.05, 0.1) is 0 Å². The first-order chi connectivity index (χ1) is 9.15. The van der Waals surface area contributed by atoms with Crippen molar-refractivity contribution in [1.29, 1.82) is 0 Å². The standard InChI is InChI=1S/C15H10FNO2/c16-10-5-6-13-11(8-10)12(15(19)17-13)7-9-3-1-2-4-14(9)18/h1-8,18H,(H,17,19)/b12-7+. The van der Waals surface area contributed by atoms with Gasteiger partial charge in [-0.15, -0.1) is 0 Å². The number of para-hydroxylation sites is 1. The lowest BCUT2D eigenvalue weighted by Gasteiger charge is -2.01. The summed E-state index contributed by atoms with van der Waals surface area (Å²) in [5, 5.41) is 12.4. The minimum atomic E-state index is -0.404. The number of halogens is 1. The number of hydrogen-bond donors (Lipinski definition) is 2. The molecule has 0 unspecified atom stereocenters. The van der Waals surface area contributed by atoms with Gasteiger partial charge in [0.25, 0.3) is 5.91 Å². The first-order valence-corrected chi connectivity index (χ1v) is 5.76. The predicted octanol–water partition coefficient (Wildman–Crippen LogP) is 3.02.